The summed E-state index contributed by atoms with van der Waals surface area (Å²) in [5.41, 5.74) is 3.89. The molecule has 2 N–H and O–H groups in total. The van der Waals surface area contributed by atoms with Crippen molar-refractivity contribution in [2.45, 2.75) is 26.9 Å². The minimum absolute atomic E-state index is 0.291. The predicted octanol–water partition coefficient (Wildman–Crippen LogP) is 2.84. The number of nitrogens with one attached hydrogen (secondary N) is 1. The van der Waals surface area contributed by atoms with E-state index in [1.807, 2.05) is 36.7 Å². The molecule has 27 heavy (non-hydrogen) atoms. The maximum atomic E-state index is 12.3. The van der Waals surface area contributed by atoms with Crippen molar-refractivity contribution in [3.63, 3.8) is 0 Å². The minimum atomic E-state index is -1.02. The fraction of sp³-hybridized carbons (Fsp3) is 0.222. The van der Waals surface area contributed by atoms with Crippen LogP contribution in [0.15, 0.2) is 41.1 Å². The Morgan fingerprint density at radius 2 is 2.07 bits per heavy atom. The van der Waals surface area contributed by atoms with E-state index < -0.39 is 5.97 Å². The number of halogens is 1. The zero-order chi connectivity index (χ0) is 19.6. The lowest BCUT2D eigenvalue weighted by molar-refractivity contribution is -0.137. The van der Waals surface area contributed by atoms with Crippen molar-refractivity contribution in [1.29, 1.82) is 0 Å². The number of anilines is 1. The molecule has 0 spiro atoms. The smallest absolute Gasteiger partial charge is 0.325 e. The summed E-state index contributed by atoms with van der Waals surface area (Å²) in [5.74, 6) is -1.37. The second-order valence-corrected chi connectivity index (χ2v) is 6.91. The molecule has 8 nitrogen and oxygen atoms in total. The zero-order valence-electron chi connectivity index (χ0n) is 14.8. The molecule has 2 heterocycles. The third-order valence-corrected chi connectivity index (χ3v) is 5.15. The summed E-state index contributed by atoms with van der Waals surface area (Å²) in [6.45, 7) is 4.22. The monoisotopic (exact) mass is 431 g/mol. The number of carboxylic acids is 1. The van der Waals surface area contributed by atoms with Gasteiger partial charge in [-0.1, -0.05) is 12.1 Å². The van der Waals surface area contributed by atoms with Crippen LogP contribution in [0.3, 0.4) is 0 Å². The van der Waals surface area contributed by atoms with Gasteiger partial charge in [-0.15, -0.1) is 0 Å². The van der Waals surface area contributed by atoms with Crippen LogP contribution in [0.2, 0.25) is 0 Å². The maximum absolute atomic E-state index is 12.3. The number of hydrogen-bond donors (Lipinski definition) is 2. The summed E-state index contributed by atoms with van der Waals surface area (Å²) < 4.78 is 4.09. The quantitative estimate of drug-likeness (QED) is 0.624. The second-order valence-electron chi connectivity index (χ2n) is 6.12. The summed E-state index contributed by atoms with van der Waals surface area (Å²) >= 11 is 3.52. The largest absolute Gasteiger partial charge is 0.480 e. The Balaban J connectivity index is 1.71. The molecule has 0 bridgehead atoms. The Kier molecular flexibility index (Phi) is 5.41. The number of aromatic nitrogens is 4. The van der Waals surface area contributed by atoms with Crippen LogP contribution in [0.25, 0.3) is 0 Å². The van der Waals surface area contributed by atoms with Gasteiger partial charge >= 0.3 is 5.97 Å². The highest BCUT2D eigenvalue weighted by Gasteiger charge is 2.12. The third-order valence-electron chi connectivity index (χ3n) is 4.00. The van der Waals surface area contributed by atoms with Crippen molar-refractivity contribution < 1.29 is 14.7 Å². The van der Waals surface area contributed by atoms with Crippen LogP contribution in [0.5, 0.6) is 0 Å². The number of aliphatic carboxylic acids is 1. The molecule has 1 amide bonds. The Morgan fingerprint density at radius 1 is 1.30 bits per heavy atom. The molecule has 0 saturated heterocycles. The zero-order valence-corrected chi connectivity index (χ0v) is 16.4. The maximum Gasteiger partial charge on any atom is 0.325 e. The molecule has 0 saturated carbocycles. The van der Waals surface area contributed by atoms with E-state index in [0.717, 1.165) is 21.4 Å². The van der Waals surface area contributed by atoms with Crippen molar-refractivity contribution >= 4 is 33.5 Å². The molecule has 2 aromatic heterocycles. The van der Waals surface area contributed by atoms with Gasteiger partial charge in [0.1, 0.15) is 6.54 Å². The lowest BCUT2D eigenvalue weighted by atomic mass is 10.2. The highest BCUT2D eigenvalue weighted by atomic mass is 79.9. The van der Waals surface area contributed by atoms with Crippen molar-refractivity contribution in [3.8, 4) is 0 Å². The van der Waals surface area contributed by atoms with Gasteiger partial charge < -0.3 is 10.4 Å². The van der Waals surface area contributed by atoms with Gasteiger partial charge in [-0.05, 0) is 47.5 Å². The number of amides is 1. The van der Waals surface area contributed by atoms with Gasteiger partial charge in [0.2, 0.25) is 0 Å². The Hall–Kier alpha value is -2.94. The summed E-state index contributed by atoms with van der Waals surface area (Å²) in [6, 6.07) is 7.49. The first-order valence-corrected chi connectivity index (χ1v) is 8.97. The summed E-state index contributed by atoms with van der Waals surface area (Å²) in [4.78, 5) is 23.1. The Labute approximate surface area is 163 Å². The van der Waals surface area contributed by atoms with E-state index in [0.29, 0.717) is 17.8 Å². The first-order chi connectivity index (χ1) is 12.8. The molecule has 0 unspecified atom stereocenters. The van der Waals surface area contributed by atoms with Crippen molar-refractivity contribution in [3.05, 3.63) is 63.6 Å². The summed E-state index contributed by atoms with van der Waals surface area (Å²) in [6.07, 6.45) is 2.75. The third kappa shape index (κ3) is 4.43. The van der Waals surface area contributed by atoms with Crippen molar-refractivity contribution in [2.24, 2.45) is 0 Å². The SMILES string of the molecule is Cc1nn(Cc2cccc(NC(=O)c3cnn(CC(=O)O)c3)c2)c(C)c1Br. The normalized spacial score (nSPS) is 10.8. The van der Waals surface area contributed by atoms with Crippen LogP contribution < -0.4 is 5.32 Å². The van der Waals surface area contributed by atoms with Crippen LogP contribution in [-0.2, 0) is 17.9 Å². The van der Waals surface area contributed by atoms with Gasteiger partial charge in [0.05, 0.1) is 34.2 Å². The Morgan fingerprint density at radius 3 is 2.74 bits per heavy atom. The highest BCUT2D eigenvalue weighted by molar-refractivity contribution is 9.10. The minimum Gasteiger partial charge on any atom is -0.480 e. The summed E-state index contributed by atoms with van der Waals surface area (Å²) in [5, 5.41) is 19.9. The van der Waals surface area contributed by atoms with Crippen LogP contribution in [0, 0.1) is 13.8 Å². The fourth-order valence-electron chi connectivity index (χ4n) is 2.66. The molecular formula is C18H18BrN5O3. The molecule has 0 radical (unpaired) electrons. The molecule has 3 aromatic rings. The first kappa shape index (κ1) is 18.8. The number of aryl methyl sites for hydroxylation is 1. The lowest BCUT2D eigenvalue weighted by Gasteiger charge is -2.08. The summed E-state index contributed by atoms with van der Waals surface area (Å²) in [7, 11) is 0. The van der Waals surface area contributed by atoms with E-state index >= 15 is 0 Å². The number of rotatable bonds is 6. The van der Waals surface area contributed by atoms with E-state index in [1.165, 1.54) is 17.1 Å². The van der Waals surface area contributed by atoms with Gasteiger partial charge in [0, 0.05) is 11.9 Å². The number of carboxylic acid groups (broad SMARTS) is 1. The average molecular weight is 432 g/mol. The van der Waals surface area contributed by atoms with Gasteiger partial charge in [-0.2, -0.15) is 10.2 Å². The molecule has 140 valence electrons. The topological polar surface area (TPSA) is 102 Å². The van der Waals surface area contributed by atoms with Crippen LogP contribution in [-0.4, -0.2) is 36.5 Å². The molecule has 9 heteroatoms. The molecule has 0 fully saturated rings. The van der Waals surface area contributed by atoms with E-state index in [4.69, 9.17) is 5.11 Å². The molecular weight excluding hydrogens is 414 g/mol. The number of carbonyl (C=O) groups is 2. The van der Waals surface area contributed by atoms with Crippen LogP contribution in [0.1, 0.15) is 27.3 Å². The number of carbonyl (C=O) groups excluding carboxylic acids is 1. The fourth-order valence-corrected chi connectivity index (χ4v) is 2.94. The number of hydrogen-bond acceptors (Lipinski definition) is 4. The lowest BCUT2D eigenvalue weighted by Crippen LogP contribution is -2.12. The highest BCUT2D eigenvalue weighted by Crippen LogP contribution is 2.21. The van der Waals surface area contributed by atoms with Crippen molar-refractivity contribution in [1.82, 2.24) is 19.6 Å². The van der Waals surface area contributed by atoms with Crippen LogP contribution >= 0.6 is 15.9 Å². The van der Waals surface area contributed by atoms with Crippen molar-refractivity contribution in [2.75, 3.05) is 5.32 Å². The van der Waals surface area contributed by atoms with E-state index in [-0.39, 0.29) is 12.5 Å². The number of nitrogens with zero attached hydrogens (tertiary/aromatic N) is 4. The second kappa shape index (κ2) is 7.75. The molecule has 3 rings (SSSR count). The van der Waals surface area contributed by atoms with Gasteiger partial charge in [0.25, 0.3) is 5.91 Å². The van der Waals surface area contributed by atoms with E-state index in [1.54, 1.807) is 6.07 Å². The van der Waals surface area contributed by atoms with Gasteiger partial charge in [-0.25, -0.2) is 0 Å². The molecule has 0 aliphatic rings. The standard InChI is InChI=1S/C18H18BrN5O3/c1-11-17(19)12(2)24(22-11)8-13-4-3-5-15(6-13)21-18(27)14-7-20-23(9-14)10-16(25)26/h3-7,9H,8,10H2,1-2H3,(H,21,27)(H,25,26). The number of benzene rings is 1. The molecule has 0 aliphatic heterocycles. The van der Waals surface area contributed by atoms with Gasteiger partial charge in [0.15, 0.2) is 0 Å². The van der Waals surface area contributed by atoms with Gasteiger partial charge in [-0.3, -0.25) is 19.0 Å². The first-order valence-electron chi connectivity index (χ1n) is 8.17. The predicted molar refractivity (Wildman–Crippen MR) is 103 cm³/mol. The van der Waals surface area contributed by atoms with E-state index in [9.17, 15) is 9.59 Å². The molecule has 0 atom stereocenters. The average Bonchev–Trinajstić information content (AvgIpc) is 3.16. The Bertz CT molecular complexity index is 1010. The molecule has 0 aliphatic carbocycles. The van der Waals surface area contributed by atoms with E-state index in [2.05, 4.69) is 31.4 Å². The molecule has 1 aromatic carbocycles. The van der Waals surface area contributed by atoms with Crippen LogP contribution in [0.4, 0.5) is 5.69 Å².